The van der Waals surface area contributed by atoms with E-state index in [4.69, 9.17) is 0 Å². The van der Waals surface area contributed by atoms with Gasteiger partial charge in [-0.05, 0) is 80.1 Å². The van der Waals surface area contributed by atoms with E-state index in [0.29, 0.717) is 0 Å². The van der Waals surface area contributed by atoms with Gasteiger partial charge in [0.05, 0.1) is 5.37 Å². The Morgan fingerprint density at radius 2 is 1.28 bits per heavy atom. The number of amides is 1. The summed E-state index contributed by atoms with van der Waals surface area (Å²) in [5.41, 5.74) is 5.40. The van der Waals surface area contributed by atoms with Gasteiger partial charge in [-0.2, -0.15) is 12.6 Å². The van der Waals surface area contributed by atoms with Crippen molar-refractivity contribution in [1.29, 1.82) is 0 Å². The van der Waals surface area contributed by atoms with E-state index in [-0.39, 0.29) is 11.3 Å². The lowest BCUT2D eigenvalue weighted by Gasteiger charge is -2.05. The van der Waals surface area contributed by atoms with Crippen LogP contribution in [0, 0.1) is 0 Å². The fourth-order valence-corrected chi connectivity index (χ4v) is 2.56. The molecule has 1 N–H and O–H groups in total. The zero-order valence-electron chi connectivity index (χ0n) is 17.0. The summed E-state index contributed by atoms with van der Waals surface area (Å²) in [6.45, 7) is 12.6. The smallest absolute Gasteiger partial charge is 0.244 e. The van der Waals surface area contributed by atoms with Crippen LogP contribution in [0.3, 0.4) is 0 Å². The van der Waals surface area contributed by atoms with Gasteiger partial charge in [-0.15, -0.1) is 0 Å². The maximum Gasteiger partial charge on any atom is 0.244 e. The molecule has 0 rings (SSSR count). The highest BCUT2D eigenvalue weighted by atomic mass is 32.1. The fourth-order valence-electron chi connectivity index (χ4n) is 2.43. The van der Waals surface area contributed by atoms with Crippen LogP contribution in [0.25, 0.3) is 0 Å². The van der Waals surface area contributed by atoms with Crippen molar-refractivity contribution < 1.29 is 4.79 Å². The van der Waals surface area contributed by atoms with Gasteiger partial charge in [0.2, 0.25) is 5.91 Å². The van der Waals surface area contributed by atoms with Gasteiger partial charge < -0.3 is 5.32 Å². The first kappa shape index (κ1) is 23.8. The third kappa shape index (κ3) is 16.0. The number of hydrogen-bond acceptors (Lipinski definition) is 2. The third-order valence-corrected chi connectivity index (χ3v) is 4.01. The highest BCUT2D eigenvalue weighted by Gasteiger charge is 2.00. The summed E-state index contributed by atoms with van der Waals surface area (Å²) in [5.74, 6) is -0.0607. The maximum atomic E-state index is 11.6. The highest BCUT2D eigenvalue weighted by molar-refractivity contribution is 7.80. The molecule has 0 saturated heterocycles. The van der Waals surface area contributed by atoms with Crippen molar-refractivity contribution in [3.05, 3.63) is 46.6 Å². The van der Waals surface area contributed by atoms with E-state index < -0.39 is 0 Å². The molecule has 3 heteroatoms. The second kappa shape index (κ2) is 14.0. The molecule has 0 aromatic heterocycles. The normalized spacial score (nSPS) is 14.3. The molecule has 0 aliphatic rings. The summed E-state index contributed by atoms with van der Waals surface area (Å²) < 4.78 is 0. The monoisotopic (exact) mass is 363 g/mol. The summed E-state index contributed by atoms with van der Waals surface area (Å²) in [7, 11) is 0. The molecule has 0 heterocycles. The molecule has 0 aliphatic carbocycles. The molecule has 1 unspecified atom stereocenters. The lowest BCUT2D eigenvalue weighted by atomic mass is 10.0. The molecule has 2 nitrogen and oxygen atoms in total. The molecule has 25 heavy (non-hydrogen) atoms. The van der Waals surface area contributed by atoms with E-state index in [1.807, 2.05) is 13.8 Å². The van der Waals surface area contributed by atoms with Gasteiger partial charge in [0.1, 0.15) is 0 Å². The molecule has 0 bridgehead atoms. The number of carbonyl (C=O) groups is 1. The van der Waals surface area contributed by atoms with Gasteiger partial charge in [0.15, 0.2) is 0 Å². The van der Waals surface area contributed by atoms with Gasteiger partial charge >= 0.3 is 0 Å². The van der Waals surface area contributed by atoms with E-state index in [0.717, 1.165) is 44.1 Å². The lowest BCUT2D eigenvalue weighted by Crippen LogP contribution is -2.26. The number of nitrogens with one attached hydrogen (secondary N) is 1. The van der Waals surface area contributed by atoms with Crippen molar-refractivity contribution in [2.45, 2.75) is 85.4 Å². The number of carbonyl (C=O) groups excluding carboxylic acids is 1. The molecular formula is C22H37NOS. The predicted molar refractivity (Wildman–Crippen MR) is 115 cm³/mol. The highest BCUT2D eigenvalue weighted by Crippen LogP contribution is 2.13. The second-order valence-corrected chi connectivity index (χ2v) is 7.95. The Labute approximate surface area is 161 Å². The van der Waals surface area contributed by atoms with Crippen LogP contribution in [0.5, 0.6) is 0 Å². The van der Waals surface area contributed by atoms with E-state index in [2.05, 4.69) is 63.9 Å². The first-order valence-corrected chi connectivity index (χ1v) is 9.82. The molecule has 0 radical (unpaired) electrons. The van der Waals surface area contributed by atoms with Crippen LogP contribution in [-0.2, 0) is 4.79 Å². The summed E-state index contributed by atoms with van der Waals surface area (Å²) >= 11 is 4.15. The summed E-state index contributed by atoms with van der Waals surface area (Å²) in [6, 6.07) is 0. The largest absolute Gasteiger partial charge is 0.341 e. The minimum absolute atomic E-state index is 0.0607. The van der Waals surface area contributed by atoms with Gasteiger partial charge in [0, 0.05) is 6.08 Å². The fraction of sp³-hybridized carbons (Fsp3) is 0.591. The van der Waals surface area contributed by atoms with Gasteiger partial charge in [-0.1, -0.05) is 40.5 Å². The van der Waals surface area contributed by atoms with E-state index in [1.54, 1.807) is 6.08 Å². The topological polar surface area (TPSA) is 29.1 Å². The van der Waals surface area contributed by atoms with Crippen molar-refractivity contribution in [3.8, 4) is 0 Å². The molecule has 0 aromatic rings. The molecular weight excluding hydrogens is 326 g/mol. The predicted octanol–water partition coefficient (Wildman–Crippen LogP) is 6.52. The quantitative estimate of drug-likeness (QED) is 0.186. The van der Waals surface area contributed by atoms with E-state index in [9.17, 15) is 4.79 Å². The summed E-state index contributed by atoms with van der Waals surface area (Å²) in [5, 5.41) is 2.64. The van der Waals surface area contributed by atoms with Gasteiger partial charge in [-0.3, -0.25) is 4.79 Å². The van der Waals surface area contributed by atoms with E-state index in [1.165, 1.54) is 16.7 Å². The average molecular weight is 364 g/mol. The van der Waals surface area contributed by atoms with Crippen LogP contribution < -0.4 is 5.32 Å². The second-order valence-electron chi connectivity index (χ2n) is 7.17. The van der Waals surface area contributed by atoms with E-state index >= 15 is 0 Å². The van der Waals surface area contributed by atoms with Crippen molar-refractivity contribution in [1.82, 2.24) is 5.32 Å². The van der Waals surface area contributed by atoms with Crippen molar-refractivity contribution >= 4 is 18.5 Å². The lowest BCUT2D eigenvalue weighted by molar-refractivity contribution is -0.116. The van der Waals surface area contributed by atoms with Gasteiger partial charge in [-0.25, -0.2) is 0 Å². The summed E-state index contributed by atoms with van der Waals surface area (Å²) in [4.78, 5) is 11.6. The van der Waals surface area contributed by atoms with Crippen LogP contribution >= 0.6 is 12.6 Å². The molecule has 0 fully saturated rings. The number of hydrogen-bond donors (Lipinski definition) is 2. The Morgan fingerprint density at radius 3 is 1.72 bits per heavy atom. The average Bonchev–Trinajstić information content (AvgIpc) is 2.45. The number of allylic oxidation sites excluding steroid dienone is 7. The van der Waals surface area contributed by atoms with Crippen molar-refractivity contribution in [2.24, 2.45) is 0 Å². The number of thiol groups is 1. The summed E-state index contributed by atoms with van der Waals surface area (Å²) in [6.07, 6.45) is 15.1. The molecule has 0 aromatic carbocycles. The maximum absolute atomic E-state index is 11.6. The van der Waals surface area contributed by atoms with Crippen LogP contribution in [0.1, 0.15) is 80.1 Å². The van der Waals surface area contributed by atoms with Crippen LogP contribution in [0.15, 0.2) is 46.6 Å². The van der Waals surface area contributed by atoms with Crippen LogP contribution in [-0.4, -0.2) is 11.3 Å². The molecule has 0 spiro atoms. The standard InChI is InChI=1S/C22H37NOS/c1-17(2)10-7-11-18(3)12-8-13-19(4)14-9-15-20(5)16-22(24)23-21(6)25/h10,12,14,16,21,25H,7-9,11,13,15H2,1-6H3,(H,23,24)/b18-12+,19-14+,20-16+. The molecule has 142 valence electrons. The zero-order chi connectivity index (χ0) is 19.2. The van der Waals surface area contributed by atoms with Crippen LogP contribution in [0.2, 0.25) is 0 Å². The molecule has 1 amide bonds. The van der Waals surface area contributed by atoms with Crippen LogP contribution in [0.4, 0.5) is 0 Å². The van der Waals surface area contributed by atoms with Crippen molar-refractivity contribution in [3.63, 3.8) is 0 Å². The SMILES string of the molecule is CC(C)=CCC/C(C)=C/CC/C(C)=C/CC/C(C)=C/C(=O)NC(C)S. The van der Waals surface area contributed by atoms with Crippen molar-refractivity contribution in [2.75, 3.05) is 0 Å². The molecule has 0 saturated carbocycles. The Hall–Kier alpha value is -1.22. The molecule has 0 aliphatic heterocycles. The zero-order valence-corrected chi connectivity index (χ0v) is 17.9. The Balaban J connectivity index is 4.11. The number of rotatable bonds is 11. The minimum Gasteiger partial charge on any atom is -0.341 e. The first-order chi connectivity index (χ1) is 11.7. The Kier molecular flexibility index (Phi) is 13.3. The Morgan fingerprint density at radius 1 is 0.840 bits per heavy atom. The Bertz CT molecular complexity index is 520. The minimum atomic E-state index is -0.114. The first-order valence-electron chi connectivity index (χ1n) is 9.31. The third-order valence-electron chi connectivity index (χ3n) is 3.88. The van der Waals surface area contributed by atoms with Gasteiger partial charge in [0.25, 0.3) is 0 Å². The molecule has 1 atom stereocenters.